The highest BCUT2D eigenvalue weighted by molar-refractivity contribution is 7.66. The number of fused-ring (bicyclic) bond motifs is 1. The van der Waals surface area contributed by atoms with Crippen molar-refractivity contribution in [1.82, 2.24) is 19.5 Å². The number of phosphoric acid groups is 3. The van der Waals surface area contributed by atoms with Crippen molar-refractivity contribution in [2.75, 3.05) is 6.61 Å². The molecule has 2 aromatic heterocycles. The molecule has 21 heteroatoms. The van der Waals surface area contributed by atoms with Crippen molar-refractivity contribution in [1.29, 1.82) is 0 Å². The predicted molar refractivity (Wildman–Crippen MR) is 95.3 cm³/mol. The van der Waals surface area contributed by atoms with E-state index in [0.29, 0.717) is 0 Å². The summed E-state index contributed by atoms with van der Waals surface area (Å²) in [6.07, 6.45) is -3.08. The molecule has 1 fully saturated rings. The minimum Gasteiger partial charge on any atom is -0.390 e. The fraction of sp³-hybridized carbons (Fsp3) is 0.500. The van der Waals surface area contributed by atoms with Crippen molar-refractivity contribution < 1.29 is 56.3 Å². The molecule has 0 saturated carbocycles. The summed E-state index contributed by atoms with van der Waals surface area (Å²) in [5, 5.41) is 10.1. The second kappa shape index (κ2) is 8.44. The van der Waals surface area contributed by atoms with Crippen molar-refractivity contribution in [2.45, 2.75) is 24.9 Å². The minimum atomic E-state index is -5.70. The van der Waals surface area contributed by atoms with Crippen LogP contribution in [0.3, 0.4) is 0 Å². The zero-order valence-corrected chi connectivity index (χ0v) is 17.6. The van der Waals surface area contributed by atoms with Gasteiger partial charge in [0.05, 0.1) is 19.0 Å². The lowest BCUT2D eigenvalue weighted by atomic mass is 10.2. The van der Waals surface area contributed by atoms with Gasteiger partial charge in [-0.1, -0.05) is 0 Å². The molecule has 1 aliphatic rings. The molecule has 0 amide bonds. The van der Waals surface area contributed by atoms with Gasteiger partial charge < -0.3 is 34.4 Å². The van der Waals surface area contributed by atoms with E-state index in [0.717, 1.165) is 10.9 Å². The summed E-state index contributed by atoms with van der Waals surface area (Å²) in [4.78, 5) is 67.8. The Bertz CT molecular complexity index is 1230. The number of aromatic amines is 2. The molecule has 3 rings (SSSR count). The molecule has 18 nitrogen and oxygen atoms in total. The zero-order valence-electron chi connectivity index (χ0n) is 14.9. The maximum absolute atomic E-state index is 12.2. The molecule has 1 aliphatic heterocycles. The molecular formula is C10H15N4O14P3. The third-order valence-corrected chi connectivity index (χ3v) is 7.62. The third kappa shape index (κ3) is 5.84. The van der Waals surface area contributed by atoms with E-state index in [1.807, 2.05) is 0 Å². The molecule has 0 radical (unpaired) electrons. The molecule has 2 aromatic rings. The first-order valence-electron chi connectivity index (χ1n) is 7.97. The van der Waals surface area contributed by atoms with Crippen molar-refractivity contribution in [3.63, 3.8) is 0 Å². The van der Waals surface area contributed by atoms with Crippen LogP contribution < -0.4 is 11.2 Å². The fourth-order valence-corrected chi connectivity index (χ4v) is 5.74. The normalized spacial score (nSPS) is 26.0. The first-order valence-corrected chi connectivity index (χ1v) is 12.5. The highest BCUT2D eigenvalue weighted by atomic mass is 31.3. The van der Waals surface area contributed by atoms with Gasteiger partial charge >= 0.3 is 29.2 Å². The molecule has 174 valence electrons. The average molecular weight is 508 g/mol. The number of aromatic nitrogens is 4. The molecular weight excluding hydrogens is 493 g/mol. The Morgan fingerprint density at radius 1 is 1.16 bits per heavy atom. The Kier molecular flexibility index (Phi) is 6.57. The highest BCUT2D eigenvalue weighted by Crippen LogP contribution is 2.66. The van der Waals surface area contributed by atoms with E-state index in [1.165, 1.54) is 0 Å². The standard InChI is InChI=1S/C10H15N4O14P3/c15-4-1-6(14-8-7(13-10(14)17)9(16)12-3-11-8)26-5(4)2-25-30(21,22)28-31(23,24)27-29(18,19)20/h3-6,15H,1-2H2,(H,13,17)(H,21,22)(H,23,24)(H,11,12,16)(H2,18,19,20)/t4-,5+,6+/m0/s1. The second-order valence-corrected chi connectivity index (χ2v) is 10.5. The van der Waals surface area contributed by atoms with E-state index in [-0.39, 0.29) is 17.6 Å². The smallest absolute Gasteiger partial charge is 0.390 e. The molecule has 0 spiro atoms. The Morgan fingerprint density at radius 2 is 1.84 bits per heavy atom. The molecule has 5 atom stereocenters. The number of aliphatic hydroxyl groups excluding tert-OH is 1. The lowest BCUT2D eigenvalue weighted by molar-refractivity contribution is -0.0432. The van der Waals surface area contributed by atoms with Crippen LogP contribution in [-0.2, 0) is 31.6 Å². The Hall–Kier alpha value is -1.52. The Morgan fingerprint density at radius 3 is 2.48 bits per heavy atom. The van der Waals surface area contributed by atoms with Gasteiger partial charge in [-0.25, -0.2) is 28.0 Å². The van der Waals surface area contributed by atoms with E-state index in [1.54, 1.807) is 0 Å². The first-order chi connectivity index (χ1) is 14.2. The van der Waals surface area contributed by atoms with Crippen LogP contribution in [0.15, 0.2) is 15.9 Å². The summed E-state index contributed by atoms with van der Waals surface area (Å²) >= 11 is 0. The van der Waals surface area contributed by atoms with Crippen LogP contribution in [0.4, 0.5) is 0 Å². The van der Waals surface area contributed by atoms with Crippen LogP contribution in [-0.4, -0.2) is 63.0 Å². The molecule has 0 aliphatic carbocycles. The average Bonchev–Trinajstić information content (AvgIpc) is 3.09. The number of phosphoric ester groups is 1. The SMILES string of the molecule is O=c1[nH]cnc2c1[nH]c(=O)n2[C@H]1C[C@H](O)[C@@H](COP(=O)(O)OP(=O)(O)OP(=O)(O)O)O1. The number of nitrogens with zero attached hydrogens (tertiary/aromatic N) is 2. The number of hydrogen-bond acceptors (Lipinski definition) is 11. The van der Waals surface area contributed by atoms with Gasteiger partial charge in [-0.3, -0.25) is 14.3 Å². The summed E-state index contributed by atoms with van der Waals surface area (Å²) in [6.45, 7) is -0.910. The van der Waals surface area contributed by atoms with Gasteiger partial charge in [-0.05, 0) is 0 Å². The van der Waals surface area contributed by atoms with Crippen LogP contribution in [0.25, 0.3) is 11.2 Å². The van der Waals surface area contributed by atoms with Crippen LogP contribution in [0.1, 0.15) is 12.6 Å². The minimum absolute atomic E-state index is 0.0838. The third-order valence-electron chi connectivity index (χ3n) is 3.82. The maximum atomic E-state index is 12.2. The van der Waals surface area contributed by atoms with Gasteiger partial charge in [-0.2, -0.15) is 8.62 Å². The van der Waals surface area contributed by atoms with E-state index < -0.39 is 59.8 Å². The molecule has 1 saturated heterocycles. The number of aliphatic hydroxyl groups is 1. The number of imidazole rings is 1. The molecule has 31 heavy (non-hydrogen) atoms. The molecule has 0 bridgehead atoms. The summed E-state index contributed by atoms with van der Waals surface area (Å²) in [7, 11) is -16.7. The van der Waals surface area contributed by atoms with Gasteiger partial charge in [0.1, 0.15) is 12.3 Å². The molecule has 0 aromatic carbocycles. The van der Waals surface area contributed by atoms with Crippen molar-refractivity contribution in [2.24, 2.45) is 0 Å². The number of ether oxygens (including phenoxy) is 1. The van der Waals surface area contributed by atoms with Crippen molar-refractivity contribution >= 4 is 34.6 Å². The van der Waals surface area contributed by atoms with Gasteiger partial charge in [0, 0.05) is 6.42 Å². The van der Waals surface area contributed by atoms with Gasteiger partial charge in [0.15, 0.2) is 11.2 Å². The Balaban J connectivity index is 1.69. The highest BCUT2D eigenvalue weighted by Gasteiger charge is 2.43. The van der Waals surface area contributed by atoms with Crippen LogP contribution in [0.2, 0.25) is 0 Å². The number of H-pyrrole nitrogens is 2. The van der Waals surface area contributed by atoms with Crippen LogP contribution in [0, 0.1) is 0 Å². The summed E-state index contributed by atoms with van der Waals surface area (Å²) in [5.74, 6) is 0. The largest absolute Gasteiger partial charge is 0.490 e. The van der Waals surface area contributed by atoms with Crippen LogP contribution >= 0.6 is 23.5 Å². The first kappa shape index (κ1) is 24.1. The fourth-order valence-electron chi connectivity index (χ4n) is 2.71. The van der Waals surface area contributed by atoms with Crippen molar-refractivity contribution in [3.8, 4) is 0 Å². The monoisotopic (exact) mass is 508 g/mol. The quantitative estimate of drug-likeness (QED) is 0.198. The lowest BCUT2D eigenvalue weighted by Gasteiger charge is -2.19. The summed E-state index contributed by atoms with van der Waals surface area (Å²) < 4.78 is 51.5. The maximum Gasteiger partial charge on any atom is 0.490 e. The summed E-state index contributed by atoms with van der Waals surface area (Å²) in [6, 6.07) is 0. The Labute approximate surface area is 169 Å². The number of nitrogens with one attached hydrogen (secondary N) is 2. The summed E-state index contributed by atoms with van der Waals surface area (Å²) in [5.41, 5.74) is -1.66. The molecule has 2 unspecified atom stereocenters. The zero-order chi connectivity index (χ0) is 23.2. The van der Waals surface area contributed by atoms with Gasteiger partial charge in [0.25, 0.3) is 5.56 Å². The van der Waals surface area contributed by atoms with E-state index >= 15 is 0 Å². The second-order valence-electron chi connectivity index (χ2n) is 6.05. The number of hydrogen-bond donors (Lipinski definition) is 7. The predicted octanol–water partition coefficient (Wildman–Crippen LogP) is -1.60. The van der Waals surface area contributed by atoms with E-state index in [2.05, 4.69) is 28.1 Å². The molecule has 7 N–H and O–H groups in total. The lowest BCUT2D eigenvalue weighted by Crippen LogP contribution is -2.26. The van der Waals surface area contributed by atoms with Gasteiger partial charge in [-0.15, -0.1) is 0 Å². The van der Waals surface area contributed by atoms with Gasteiger partial charge in [0.2, 0.25) is 0 Å². The topological polar surface area (TPSA) is 273 Å². The van der Waals surface area contributed by atoms with Crippen molar-refractivity contribution in [3.05, 3.63) is 27.2 Å². The van der Waals surface area contributed by atoms with Crippen LogP contribution in [0.5, 0.6) is 0 Å². The number of rotatable bonds is 8. The molecule has 3 heterocycles. The van der Waals surface area contributed by atoms with E-state index in [4.69, 9.17) is 19.4 Å². The van der Waals surface area contributed by atoms with E-state index in [9.17, 15) is 33.3 Å².